The third-order valence-electron chi connectivity index (χ3n) is 1.87. The van der Waals surface area contributed by atoms with Gasteiger partial charge in [0.1, 0.15) is 5.75 Å². The Morgan fingerprint density at radius 3 is 2.35 bits per heavy atom. The fourth-order valence-corrected chi connectivity index (χ4v) is 2.90. The predicted molar refractivity (Wildman–Crippen MR) is 68.1 cm³/mol. The standard InChI is InChI=1S/C11H16ClNO3S/c1-11(2,3)13-17(14,15)8-5-6-9(12)10(7-8)16-4/h5-7,13H,1-4H3. The van der Waals surface area contributed by atoms with Crippen molar-refractivity contribution in [2.75, 3.05) is 7.11 Å². The number of ether oxygens (including phenoxy) is 1. The summed E-state index contributed by atoms with van der Waals surface area (Å²) in [7, 11) is -2.12. The second-order valence-corrected chi connectivity index (χ2v) is 6.74. The molecule has 0 unspecified atom stereocenters. The topological polar surface area (TPSA) is 55.4 Å². The minimum absolute atomic E-state index is 0.133. The molecule has 17 heavy (non-hydrogen) atoms. The van der Waals surface area contributed by atoms with Crippen molar-refractivity contribution in [3.63, 3.8) is 0 Å². The van der Waals surface area contributed by atoms with Crippen LogP contribution in [0.3, 0.4) is 0 Å². The minimum Gasteiger partial charge on any atom is -0.495 e. The van der Waals surface area contributed by atoms with Crippen molar-refractivity contribution in [1.82, 2.24) is 4.72 Å². The Morgan fingerprint density at radius 2 is 1.88 bits per heavy atom. The van der Waals surface area contributed by atoms with Crippen LogP contribution in [0.1, 0.15) is 20.8 Å². The van der Waals surface area contributed by atoms with E-state index >= 15 is 0 Å². The molecule has 6 heteroatoms. The average Bonchev–Trinajstić information content (AvgIpc) is 2.14. The molecule has 0 aromatic heterocycles. The van der Waals surface area contributed by atoms with Crippen LogP contribution in [0.2, 0.25) is 5.02 Å². The lowest BCUT2D eigenvalue weighted by Gasteiger charge is -2.20. The van der Waals surface area contributed by atoms with Gasteiger partial charge in [0.25, 0.3) is 0 Å². The van der Waals surface area contributed by atoms with E-state index in [0.29, 0.717) is 10.8 Å². The fourth-order valence-electron chi connectivity index (χ4n) is 1.27. The fraction of sp³-hybridized carbons (Fsp3) is 0.455. The second kappa shape index (κ2) is 4.84. The number of sulfonamides is 1. The van der Waals surface area contributed by atoms with Gasteiger partial charge in [0.15, 0.2) is 0 Å². The molecule has 4 nitrogen and oxygen atoms in total. The smallest absolute Gasteiger partial charge is 0.241 e. The average molecular weight is 278 g/mol. The number of hydrogen-bond acceptors (Lipinski definition) is 3. The van der Waals surface area contributed by atoms with E-state index in [-0.39, 0.29) is 4.90 Å². The van der Waals surface area contributed by atoms with Gasteiger partial charge in [-0.2, -0.15) is 0 Å². The van der Waals surface area contributed by atoms with Crippen LogP contribution in [0.15, 0.2) is 23.1 Å². The lowest BCUT2D eigenvalue weighted by atomic mass is 10.1. The van der Waals surface area contributed by atoms with E-state index in [1.165, 1.54) is 25.3 Å². The maximum absolute atomic E-state index is 12.0. The number of nitrogens with one attached hydrogen (secondary N) is 1. The van der Waals surface area contributed by atoms with Crippen LogP contribution >= 0.6 is 11.6 Å². The molecule has 0 spiro atoms. The van der Waals surface area contributed by atoms with Gasteiger partial charge in [0.2, 0.25) is 10.0 Å². The number of rotatable bonds is 3. The maximum Gasteiger partial charge on any atom is 0.241 e. The van der Waals surface area contributed by atoms with Crippen LogP contribution in [0.25, 0.3) is 0 Å². The van der Waals surface area contributed by atoms with Crippen molar-refractivity contribution in [1.29, 1.82) is 0 Å². The van der Waals surface area contributed by atoms with Gasteiger partial charge in [0, 0.05) is 11.6 Å². The first-order valence-corrected chi connectivity index (χ1v) is 6.89. The van der Waals surface area contributed by atoms with E-state index in [2.05, 4.69) is 4.72 Å². The van der Waals surface area contributed by atoms with Gasteiger partial charge in [-0.1, -0.05) is 11.6 Å². The highest BCUT2D eigenvalue weighted by molar-refractivity contribution is 7.89. The molecular formula is C11H16ClNO3S. The Hall–Kier alpha value is -0.780. The molecule has 1 rings (SSSR count). The summed E-state index contributed by atoms with van der Waals surface area (Å²) in [6.45, 7) is 5.33. The van der Waals surface area contributed by atoms with Crippen molar-refractivity contribution in [3.05, 3.63) is 23.2 Å². The van der Waals surface area contributed by atoms with Gasteiger partial charge in [-0.25, -0.2) is 13.1 Å². The summed E-state index contributed by atoms with van der Waals surface area (Å²) in [6.07, 6.45) is 0. The molecule has 96 valence electrons. The van der Waals surface area contributed by atoms with Crippen LogP contribution in [-0.4, -0.2) is 21.1 Å². The molecule has 1 aromatic carbocycles. The van der Waals surface area contributed by atoms with Crippen molar-refractivity contribution in [2.24, 2.45) is 0 Å². The van der Waals surface area contributed by atoms with Crippen molar-refractivity contribution >= 4 is 21.6 Å². The monoisotopic (exact) mass is 277 g/mol. The van der Waals surface area contributed by atoms with E-state index in [1.54, 1.807) is 20.8 Å². The second-order valence-electron chi connectivity index (χ2n) is 4.65. The van der Waals surface area contributed by atoms with Gasteiger partial charge in [-0.05, 0) is 32.9 Å². The first-order chi connectivity index (χ1) is 7.65. The molecule has 0 fully saturated rings. The third kappa shape index (κ3) is 3.87. The molecule has 0 aliphatic carbocycles. The Morgan fingerprint density at radius 1 is 1.29 bits per heavy atom. The lowest BCUT2D eigenvalue weighted by molar-refractivity contribution is 0.413. The summed E-state index contributed by atoms with van der Waals surface area (Å²) in [5.41, 5.74) is -0.536. The molecule has 0 saturated heterocycles. The normalized spacial score (nSPS) is 12.5. The van der Waals surface area contributed by atoms with Gasteiger partial charge in [-0.3, -0.25) is 0 Å². The highest BCUT2D eigenvalue weighted by atomic mass is 35.5. The summed E-state index contributed by atoms with van der Waals surface area (Å²) < 4.78 is 31.6. The summed E-state index contributed by atoms with van der Waals surface area (Å²) in [4.78, 5) is 0.133. The Labute approximate surface area is 107 Å². The van der Waals surface area contributed by atoms with Gasteiger partial charge in [0.05, 0.1) is 17.0 Å². The largest absolute Gasteiger partial charge is 0.495 e. The molecule has 0 atom stereocenters. The molecule has 0 aliphatic rings. The quantitative estimate of drug-likeness (QED) is 0.923. The van der Waals surface area contributed by atoms with Crippen molar-refractivity contribution in [3.8, 4) is 5.75 Å². The molecule has 1 aromatic rings. The molecule has 0 saturated carbocycles. The zero-order valence-corrected chi connectivity index (χ0v) is 11.8. The Balaban J connectivity index is 3.16. The van der Waals surface area contributed by atoms with Crippen molar-refractivity contribution in [2.45, 2.75) is 31.2 Å². The van der Waals surface area contributed by atoms with E-state index in [4.69, 9.17) is 16.3 Å². The minimum atomic E-state index is -3.56. The number of methoxy groups -OCH3 is 1. The van der Waals surface area contributed by atoms with Crippen LogP contribution in [0.4, 0.5) is 0 Å². The van der Waals surface area contributed by atoms with E-state index < -0.39 is 15.6 Å². The zero-order chi connectivity index (χ0) is 13.3. The number of halogens is 1. The molecular weight excluding hydrogens is 262 g/mol. The SMILES string of the molecule is COc1cc(S(=O)(=O)NC(C)(C)C)ccc1Cl. The molecule has 0 bridgehead atoms. The van der Waals surface area contributed by atoms with Crippen LogP contribution in [0.5, 0.6) is 5.75 Å². The predicted octanol–water partition coefficient (Wildman–Crippen LogP) is 2.43. The molecule has 0 radical (unpaired) electrons. The molecule has 0 aliphatic heterocycles. The molecule has 0 amide bonds. The summed E-state index contributed by atoms with van der Waals surface area (Å²) in [6, 6.07) is 4.34. The highest BCUT2D eigenvalue weighted by Gasteiger charge is 2.22. The van der Waals surface area contributed by atoms with E-state index in [9.17, 15) is 8.42 Å². The van der Waals surface area contributed by atoms with Crippen LogP contribution < -0.4 is 9.46 Å². The number of hydrogen-bond donors (Lipinski definition) is 1. The number of benzene rings is 1. The van der Waals surface area contributed by atoms with Gasteiger partial charge in [-0.15, -0.1) is 0 Å². The van der Waals surface area contributed by atoms with Gasteiger partial charge < -0.3 is 4.74 Å². The van der Waals surface area contributed by atoms with E-state index in [0.717, 1.165) is 0 Å². The van der Waals surface area contributed by atoms with Crippen molar-refractivity contribution < 1.29 is 13.2 Å². The Kier molecular flexibility index (Phi) is 4.06. The Bertz CT molecular complexity index is 506. The van der Waals surface area contributed by atoms with Gasteiger partial charge >= 0.3 is 0 Å². The molecule has 0 heterocycles. The third-order valence-corrected chi connectivity index (χ3v) is 3.94. The molecule has 1 N–H and O–H groups in total. The summed E-state index contributed by atoms with van der Waals surface area (Å²) in [5, 5.41) is 0.377. The first-order valence-electron chi connectivity index (χ1n) is 5.03. The lowest BCUT2D eigenvalue weighted by Crippen LogP contribution is -2.40. The highest BCUT2D eigenvalue weighted by Crippen LogP contribution is 2.27. The first kappa shape index (κ1) is 14.3. The summed E-state index contributed by atoms with van der Waals surface area (Å²) in [5.74, 6) is 0.337. The van der Waals surface area contributed by atoms with E-state index in [1.807, 2.05) is 0 Å². The maximum atomic E-state index is 12.0. The van der Waals surface area contributed by atoms with Crippen LogP contribution in [0, 0.1) is 0 Å². The summed E-state index contributed by atoms with van der Waals surface area (Å²) >= 11 is 5.84. The zero-order valence-electron chi connectivity index (χ0n) is 10.2. The van der Waals surface area contributed by atoms with Crippen LogP contribution in [-0.2, 0) is 10.0 Å².